The van der Waals surface area contributed by atoms with E-state index >= 15 is 0 Å². The van der Waals surface area contributed by atoms with Crippen LogP contribution in [0.2, 0.25) is 0 Å². The molecule has 0 saturated carbocycles. The van der Waals surface area contributed by atoms with Gasteiger partial charge in [-0.3, -0.25) is 4.79 Å². The third-order valence-electron chi connectivity index (χ3n) is 7.16. The van der Waals surface area contributed by atoms with Gasteiger partial charge in [0, 0.05) is 49.9 Å². The van der Waals surface area contributed by atoms with Crippen molar-refractivity contribution in [2.24, 2.45) is 5.92 Å². The molecule has 0 spiro atoms. The molecule has 0 aliphatic carbocycles. The number of nitrogens with zero attached hydrogens (tertiary/aromatic N) is 6. The molecule has 5 rings (SSSR count). The number of benzene rings is 1. The highest BCUT2D eigenvalue weighted by atomic mass is 16.5. The zero-order valence-corrected chi connectivity index (χ0v) is 22.5. The third-order valence-corrected chi connectivity index (χ3v) is 7.16. The standard InChI is InChI=1S/C27H36N8O4/c1-18(2)26(37)34-10-7-21(8-11-34)35-25-22(17-29-35)24(33-12-15-39-16-13-33)31-23(32-25)19-3-5-20(6-4-19)30-27(38)28-9-14-36/h3-6,17-18,21,36H,7-16H2,1-2H3,(H2,28,30,38). The molecule has 12 heteroatoms. The van der Waals surface area contributed by atoms with E-state index in [1.54, 1.807) is 12.1 Å². The molecule has 2 aliphatic rings. The fraction of sp³-hybridized carbons (Fsp3) is 0.519. The van der Waals surface area contributed by atoms with Crippen LogP contribution in [-0.4, -0.2) is 94.2 Å². The number of carbonyl (C=O) groups is 2. The van der Waals surface area contributed by atoms with E-state index in [9.17, 15) is 9.59 Å². The van der Waals surface area contributed by atoms with Crippen LogP contribution in [0.25, 0.3) is 22.4 Å². The summed E-state index contributed by atoms with van der Waals surface area (Å²) in [4.78, 5) is 38.5. The van der Waals surface area contributed by atoms with E-state index in [-0.39, 0.29) is 37.0 Å². The number of anilines is 2. The van der Waals surface area contributed by atoms with Crippen molar-refractivity contribution < 1.29 is 19.4 Å². The molecule has 3 N–H and O–H groups in total. The quantitative estimate of drug-likeness (QED) is 0.418. The molecule has 1 aromatic carbocycles. The molecule has 12 nitrogen and oxygen atoms in total. The summed E-state index contributed by atoms with van der Waals surface area (Å²) in [5.74, 6) is 1.61. The monoisotopic (exact) mass is 536 g/mol. The Morgan fingerprint density at radius 2 is 1.79 bits per heavy atom. The van der Waals surface area contributed by atoms with Gasteiger partial charge in [0.2, 0.25) is 5.91 Å². The van der Waals surface area contributed by atoms with Gasteiger partial charge in [0.05, 0.1) is 37.4 Å². The van der Waals surface area contributed by atoms with Gasteiger partial charge in [-0.15, -0.1) is 0 Å². The second-order valence-corrected chi connectivity index (χ2v) is 10.2. The molecule has 0 unspecified atom stereocenters. The second-order valence-electron chi connectivity index (χ2n) is 10.2. The molecule has 39 heavy (non-hydrogen) atoms. The van der Waals surface area contributed by atoms with Gasteiger partial charge in [-0.2, -0.15) is 5.10 Å². The maximum Gasteiger partial charge on any atom is 0.319 e. The minimum absolute atomic E-state index is 0.00465. The molecule has 2 aliphatic heterocycles. The van der Waals surface area contributed by atoms with Gasteiger partial charge in [0.1, 0.15) is 5.82 Å². The minimum Gasteiger partial charge on any atom is -0.395 e. The van der Waals surface area contributed by atoms with Crippen molar-refractivity contribution in [3.05, 3.63) is 30.5 Å². The highest BCUT2D eigenvalue weighted by Crippen LogP contribution is 2.32. The number of hydrogen-bond donors (Lipinski definition) is 3. The van der Waals surface area contributed by atoms with Crippen molar-refractivity contribution in [1.29, 1.82) is 0 Å². The van der Waals surface area contributed by atoms with E-state index < -0.39 is 0 Å². The van der Waals surface area contributed by atoms with E-state index in [0.717, 1.165) is 48.3 Å². The van der Waals surface area contributed by atoms with E-state index in [1.165, 1.54) is 0 Å². The Morgan fingerprint density at radius 3 is 2.46 bits per heavy atom. The van der Waals surface area contributed by atoms with Crippen molar-refractivity contribution in [2.45, 2.75) is 32.7 Å². The SMILES string of the molecule is CC(C)C(=O)N1CCC(n2ncc3c(N4CCOCC4)nc(-c4ccc(NC(=O)NCCO)cc4)nc32)CC1. The average Bonchev–Trinajstić information content (AvgIpc) is 3.40. The average molecular weight is 537 g/mol. The minimum atomic E-state index is -0.380. The number of urea groups is 1. The molecular weight excluding hydrogens is 500 g/mol. The number of rotatable bonds is 7. The Balaban J connectivity index is 1.44. The van der Waals surface area contributed by atoms with Crippen LogP contribution < -0.4 is 15.5 Å². The smallest absolute Gasteiger partial charge is 0.319 e. The van der Waals surface area contributed by atoms with Crippen LogP contribution in [0.3, 0.4) is 0 Å². The van der Waals surface area contributed by atoms with Gasteiger partial charge in [-0.1, -0.05) is 13.8 Å². The predicted molar refractivity (Wildman–Crippen MR) is 148 cm³/mol. The summed E-state index contributed by atoms with van der Waals surface area (Å²) in [5, 5.41) is 19.9. The Morgan fingerprint density at radius 1 is 1.08 bits per heavy atom. The first-order valence-corrected chi connectivity index (χ1v) is 13.6. The lowest BCUT2D eigenvalue weighted by molar-refractivity contribution is -0.135. The van der Waals surface area contributed by atoms with E-state index in [1.807, 2.05) is 41.8 Å². The normalized spacial score (nSPS) is 16.6. The number of aliphatic hydroxyl groups excluding tert-OH is 1. The van der Waals surface area contributed by atoms with Crippen LogP contribution in [0.15, 0.2) is 30.5 Å². The molecule has 208 valence electrons. The highest BCUT2D eigenvalue weighted by Gasteiger charge is 2.28. The van der Waals surface area contributed by atoms with Crippen LogP contribution in [0.4, 0.5) is 16.3 Å². The second kappa shape index (κ2) is 12.0. The molecule has 3 amide bonds. The van der Waals surface area contributed by atoms with Crippen LogP contribution >= 0.6 is 0 Å². The van der Waals surface area contributed by atoms with Crippen LogP contribution in [-0.2, 0) is 9.53 Å². The molecule has 0 radical (unpaired) electrons. The van der Waals surface area contributed by atoms with Gasteiger partial charge < -0.3 is 30.3 Å². The number of hydrogen-bond acceptors (Lipinski definition) is 8. The lowest BCUT2D eigenvalue weighted by Crippen LogP contribution is -2.41. The van der Waals surface area contributed by atoms with Crippen molar-refractivity contribution in [3.8, 4) is 11.4 Å². The molecule has 0 bridgehead atoms. The summed E-state index contributed by atoms with van der Waals surface area (Å²) in [5.41, 5.74) is 2.22. The molecule has 3 aromatic rings. The summed E-state index contributed by atoms with van der Waals surface area (Å²) >= 11 is 0. The highest BCUT2D eigenvalue weighted by molar-refractivity contribution is 5.90. The van der Waals surface area contributed by atoms with Crippen molar-refractivity contribution in [2.75, 3.05) is 62.8 Å². The number of carbonyl (C=O) groups excluding carboxylic acids is 2. The Labute approximate surface area is 227 Å². The van der Waals surface area contributed by atoms with Gasteiger partial charge in [-0.05, 0) is 37.1 Å². The number of likely N-dealkylation sites (tertiary alicyclic amines) is 1. The zero-order chi connectivity index (χ0) is 27.4. The van der Waals surface area contributed by atoms with Crippen molar-refractivity contribution >= 4 is 34.5 Å². The van der Waals surface area contributed by atoms with Crippen molar-refractivity contribution in [3.63, 3.8) is 0 Å². The molecule has 4 heterocycles. The maximum absolute atomic E-state index is 12.5. The number of fused-ring (bicyclic) bond motifs is 1. The Hall–Kier alpha value is -3.77. The van der Waals surface area contributed by atoms with E-state index in [0.29, 0.717) is 37.8 Å². The lowest BCUT2D eigenvalue weighted by Gasteiger charge is -2.33. The summed E-state index contributed by atoms with van der Waals surface area (Å²) in [6, 6.07) is 7.12. The first-order valence-electron chi connectivity index (χ1n) is 13.6. The topological polar surface area (TPSA) is 138 Å². The number of ether oxygens (including phenoxy) is 1. The molecule has 0 atom stereocenters. The van der Waals surface area contributed by atoms with Crippen LogP contribution in [0.1, 0.15) is 32.7 Å². The summed E-state index contributed by atoms with van der Waals surface area (Å²) < 4.78 is 7.58. The van der Waals surface area contributed by atoms with E-state index in [4.69, 9.17) is 24.9 Å². The molecule has 2 saturated heterocycles. The summed E-state index contributed by atoms with van der Waals surface area (Å²) in [6.07, 6.45) is 3.49. The van der Waals surface area contributed by atoms with Crippen molar-refractivity contribution in [1.82, 2.24) is 30.0 Å². The molecule has 2 aromatic heterocycles. The number of piperidine rings is 1. The lowest BCUT2D eigenvalue weighted by atomic mass is 10.0. The fourth-order valence-electron chi connectivity index (χ4n) is 5.07. The Kier molecular flexibility index (Phi) is 8.22. The predicted octanol–water partition coefficient (Wildman–Crippen LogP) is 2.26. The summed E-state index contributed by atoms with van der Waals surface area (Å²) in [6.45, 7) is 8.09. The van der Waals surface area contributed by atoms with E-state index in [2.05, 4.69) is 15.5 Å². The number of nitrogens with one attached hydrogen (secondary N) is 2. The Bertz CT molecular complexity index is 1300. The van der Waals surface area contributed by atoms with Gasteiger partial charge in [0.15, 0.2) is 11.5 Å². The van der Waals surface area contributed by atoms with Gasteiger partial charge in [-0.25, -0.2) is 19.4 Å². The first kappa shape index (κ1) is 26.8. The maximum atomic E-state index is 12.5. The fourth-order valence-corrected chi connectivity index (χ4v) is 5.07. The zero-order valence-electron chi connectivity index (χ0n) is 22.5. The number of aliphatic hydroxyl groups is 1. The van der Waals surface area contributed by atoms with Crippen LogP contribution in [0.5, 0.6) is 0 Å². The van der Waals surface area contributed by atoms with Gasteiger partial charge >= 0.3 is 6.03 Å². The largest absolute Gasteiger partial charge is 0.395 e. The summed E-state index contributed by atoms with van der Waals surface area (Å²) in [7, 11) is 0. The molecule has 2 fully saturated rings. The number of amides is 3. The van der Waals surface area contributed by atoms with Crippen LogP contribution in [0, 0.1) is 5.92 Å². The number of aromatic nitrogens is 4. The third kappa shape index (κ3) is 5.96. The van der Waals surface area contributed by atoms with Gasteiger partial charge in [0.25, 0.3) is 0 Å². The molecular formula is C27H36N8O4. The number of morpholine rings is 1. The first-order chi connectivity index (χ1) is 18.9.